The third-order valence-corrected chi connectivity index (χ3v) is 6.20. The van der Waals surface area contributed by atoms with Gasteiger partial charge in [0.05, 0.1) is 12.8 Å². The summed E-state index contributed by atoms with van der Waals surface area (Å²) in [6.07, 6.45) is 1.29. The van der Waals surface area contributed by atoms with Crippen molar-refractivity contribution in [2.75, 3.05) is 18.6 Å². The van der Waals surface area contributed by atoms with Crippen molar-refractivity contribution in [2.24, 2.45) is 0 Å². The molecule has 4 amide bonds. The number of amides is 4. The molecule has 3 heterocycles. The number of fused-ring (bicyclic) bond motifs is 2. The number of anilines is 1. The van der Waals surface area contributed by atoms with E-state index in [-0.39, 0.29) is 30.7 Å². The normalized spacial score (nSPS) is 19.9. The fourth-order valence-corrected chi connectivity index (χ4v) is 4.56. The van der Waals surface area contributed by atoms with Gasteiger partial charge >= 0.3 is 0 Å². The Balaban J connectivity index is 1.40. The van der Waals surface area contributed by atoms with E-state index in [1.54, 1.807) is 30.2 Å². The standard InChI is InChI=1S/C23H21N3O5/c1-31-16-4-2-13-8-9-25(19(13)11-16)22(29)14-3-5-17-15(10-14)12-26(23(17)30)18-6-7-20(27)24-21(18)28/h2-5,10-11,18H,6-9,12H2,1H3,(H,24,27,28). The molecule has 0 aliphatic carbocycles. The first kappa shape index (κ1) is 19.3. The van der Waals surface area contributed by atoms with Crippen LogP contribution in [0.2, 0.25) is 0 Å². The van der Waals surface area contributed by atoms with Crippen LogP contribution in [0.4, 0.5) is 5.69 Å². The number of carbonyl (C=O) groups excluding carboxylic acids is 4. The van der Waals surface area contributed by atoms with Crippen LogP contribution in [0.5, 0.6) is 5.75 Å². The predicted octanol–water partition coefficient (Wildman–Crippen LogP) is 1.66. The SMILES string of the molecule is COc1ccc2c(c1)N(C(=O)c1ccc3c(c1)CN(C1CCC(=O)NC1=O)C3=O)CC2. The fraction of sp³-hybridized carbons (Fsp3) is 0.304. The number of hydrogen-bond donors (Lipinski definition) is 1. The minimum atomic E-state index is -0.672. The van der Waals surface area contributed by atoms with Crippen LogP contribution in [0.1, 0.15) is 44.7 Å². The second-order valence-corrected chi connectivity index (χ2v) is 7.97. The first-order valence-electron chi connectivity index (χ1n) is 10.2. The van der Waals surface area contributed by atoms with Crippen molar-refractivity contribution in [3.05, 3.63) is 58.7 Å². The lowest BCUT2D eigenvalue weighted by atomic mass is 10.0. The molecule has 0 saturated carbocycles. The molecular weight excluding hydrogens is 398 g/mol. The molecule has 0 bridgehead atoms. The first-order valence-corrected chi connectivity index (χ1v) is 10.2. The van der Waals surface area contributed by atoms with Crippen LogP contribution in [-0.4, -0.2) is 48.2 Å². The number of nitrogens with zero attached hydrogens (tertiary/aromatic N) is 2. The Bertz CT molecular complexity index is 1140. The van der Waals surface area contributed by atoms with Crippen LogP contribution in [0.3, 0.4) is 0 Å². The zero-order chi connectivity index (χ0) is 21.7. The van der Waals surface area contributed by atoms with Gasteiger partial charge < -0.3 is 14.5 Å². The van der Waals surface area contributed by atoms with E-state index < -0.39 is 11.9 Å². The third kappa shape index (κ3) is 3.15. The quantitative estimate of drug-likeness (QED) is 0.764. The molecule has 31 heavy (non-hydrogen) atoms. The number of benzene rings is 2. The molecule has 1 saturated heterocycles. The smallest absolute Gasteiger partial charge is 0.258 e. The van der Waals surface area contributed by atoms with E-state index in [0.29, 0.717) is 35.4 Å². The van der Waals surface area contributed by atoms with Crippen LogP contribution in [0.25, 0.3) is 0 Å². The van der Waals surface area contributed by atoms with Crippen LogP contribution in [0.15, 0.2) is 36.4 Å². The van der Waals surface area contributed by atoms with Crippen molar-refractivity contribution in [1.82, 2.24) is 10.2 Å². The molecule has 3 aliphatic heterocycles. The van der Waals surface area contributed by atoms with Gasteiger partial charge in [0.15, 0.2) is 0 Å². The molecule has 158 valence electrons. The van der Waals surface area contributed by atoms with Gasteiger partial charge in [0.25, 0.3) is 11.8 Å². The molecule has 8 nitrogen and oxygen atoms in total. The second kappa shape index (κ2) is 7.23. The molecule has 2 aromatic carbocycles. The summed E-state index contributed by atoms with van der Waals surface area (Å²) in [6, 6.07) is 10.1. The van der Waals surface area contributed by atoms with E-state index in [0.717, 1.165) is 17.7 Å². The van der Waals surface area contributed by atoms with Crippen molar-refractivity contribution in [3.63, 3.8) is 0 Å². The van der Waals surface area contributed by atoms with Crippen molar-refractivity contribution in [1.29, 1.82) is 0 Å². The Kier molecular flexibility index (Phi) is 4.50. The number of imide groups is 1. The first-order chi connectivity index (χ1) is 15.0. The molecule has 0 spiro atoms. The van der Waals surface area contributed by atoms with Gasteiger partial charge in [-0.3, -0.25) is 24.5 Å². The molecule has 1 unspecified atom stereocenters. The average Bonchev–Trinajstić information content (AvgIpc) is 3.33. The minimum Gasteiger partial charge on any atom is -0.497 e. The summed E-state index contributed by atoms with van der Waals surface area (Å²) in [7, 11) is 1.59. The van der Waals surface area contributed by atoms with Crippen LogP contribution >= 0.6 is 0 Å². The van der Waals surface area contributed by atoms with E-state index in [1.165, 1.54) is 4.90 Å². The molecule has 0 radical (unpaired) electrons. The Morgan fingerprint density at radius 2 is 1.90 bits per heavy atom. The number of methoxy groups -OCH3 is 1. The van der Waals surface area contributed by atoms with E-state index >= 15 is 0 Å². The molecule has 8 heteroatoms. The Morgan fingerprint density at radius 1 is 1.06 bits per heavy atom. The summed E-state index contributed by atoms with van der Waals surface area (Å²) in [5.41, 5.74) is 3.63. The van der Waals surface area contributed by atoms with Crippen LogP contribution in [-0.2, 0) is 22.6 Å². The summed E-state index contributed by atoms with van der Waals surface area (Å²) in [6.45, 7) is 0.825. The van der Waals surface area contributed by atoms with Crippen molar-refractivity contribution < 1.29 is 23.9 Å². The Labute approximate surface area is 178 Å². The number of rotatable bonds is 3. The summed E-state index contributed by atoms with van der Waals surface area (Å²) in [4.78, 5) is 52.9. The monoisotopic (exact) mass is 419 g/mol. The van der Waals surface area contributed by atoms with E-state index in [9.17, 15) is 19.2 Å². The van der Waals surface area contributed by atoms with E-state index in [2.05, 4.69) is 5.32 Å². The largest absolute Gasteiger partial charge is 0.497 e. The number of hydrogen-bond acceptors (Lipinski definition) is 5. The van der Waals surface area contributed by atoms with Crippen LogP contribution in [0, 0.1) is 0 Å². The third-order valence-electron chi connectivity index (χ3n) is 6.20. The van der Waals surface area contributed by atoms with Gasteiger partial charge in [-0.25, -0.2) is 0 Å². The molecular formula is C23H21N3O5. The van der Waals surface area contributed by atoms with E-state index in [1.807, 2.05) is 18.2 Å². The van der Waals surface area contributed by atoms with Crippen molar-refractivity contribution >= 4 is 29.3 Å². The second-order valence-electron chi connectivity index (χ2n) is 7.97. The minimum absolute atomic E-state index is 0.137. The lowest BCUT2D eigenvalue weighted by Crippen LogP contribution is -2.52. The van der Waals surface area contributed by atoms with Crippen LogP contribution < -0.4 is 15.0 Å². The maximum atomic E-state index is 13.2. The zero-order valence-corrected chi connectivity index (χ0v) is 17.0. The summed E-state index contributed by atoms with van der Waals surface area (Å²) >= 11 is 0. The number of nitrogens with one attached hydrogen (secondary N) is 1. The summed E-state index contributed by atoms with van der Waals surface area (Å²) in [5.74, 6) is -0.462. The van der Waals surface area contributed by atoms with Gasteiger partial charge in [-0.05, 0) is 48.2 Å². The fourth-order valence-electron chi connectivity index (χ4n) is 4.56. The lowest BCUT2D eigenvalue weighted by molar-refractivity contribution is -0.136. The summed E-state index contributed by atoms with van der Waals surface area (Å²) < 4.78 is 5.30. The molecule has 5 rings (SSSR count). The van der Waals surface area contributed by atoms with Gasteiger partial charge in [0.1, 0.15) is 11.8 Å². The number of ether oxygens (including phenoxy) is 1. The zero-order valence-electron chi connectivity index (χ0n) is 17.0. The van der Waals surface area contributed by atoms with Gasteiger partial charge in [-0.2, -0.15) is 0 Å². The van der Waals surface area contributed by atoms with Gasteiger partial charge in [0, 0.05) is 36.7 Å². The van der Waals surface area contributed by atoms with E-state index in [4.69, 9.17) is 4.74 Å². The van der Waals surface area contributed by atoms with Gasteiger partial charge in [-0.1, -0.05) is 6.07 Å². The molecule has 1 fully saturated rings. The maximum Gasteiger partial charge on any atom is 0.258 e. The highest BCUT2D eigenvalue weighted by molar-refractivity contribution is 6.09. The lowest BCUT2D eigenvalue weighted by Gasteiger charge is -2.29. The molecule has 2 aromatic rings. The molecule has 0 aromatic heterocycles. The molecule has 1 atom stereocenters. The Hall–Kier alpha value is -3.68. The number of piperidine rings is 1. The molecule has 1 N–H and O–H groups in total. The topological polar surface area (TPSA) is 96.0 Å². The van der Waals surface area contributed by atoms with Crippen molar-refractivity contribution in [3.8, 4) is 5.75 Å². The Morgan fingerprint density at radius 3 is 2.68 bits per heavy atom. The number of carbonyl (C=O) groups is 4. The highest BCUT2D eigenvalue weighted by Crippen LogP contribution is 2.34. The van der Waals surface area contributed by atoms with Crippen molar-refractivity contribution in [2.45, 2.75) is 31.8 Å². The molecule has 3 aliphatic rings. The van der Waals surface area contributed by atoms with Gasteiger partial charge in [0.2, 0.25) is 11.8 Å². The summed E-state index contributed by atoms with van der Waals surface area (Å²) in [5, 5.41) is 2.30. The highest BCUT2D eigenvalue weighted by atomic mass is 16.5. The maximum absolute atomic E-state index is 13.2. The average molecular weight is 419 g/mol. The highest BCUT2D eigenvalue weighted by Gasteiger charge is 2.39. The predicted molar refractivity (Wildman–Crippen MR) is 111 cm³/mol. The van der Waals surface area contributed by atoms with Gasteiger partial charge in [-0.15, -0.1) is 0 Å².